The third-order valence-electron chi connectivity index (χ3n) is 0.594. The summed E-state index contributed by atoms with van der Waals surface area (Å²) in [5.41, 5.74) is 0. The normalized spacial score (nSPS) is 12.2. The minimum atomic E-state index is -1.63. The molecule has 8 heavy (non-hydrogen) atoms. The molecule has 0 spiro atoms. The minimum absolute atomic E-state index is 0. The molecule has 0 aliphatic carbocycles. The van der Waals surface area contributed by atoms with E-state index in [0.717, 1.165) is 0 Å². The summed E-state index contributed by atoms with van der Waals surface area (Å²) in [7, 11) is -1.63. The van der Waals surface area contributed by atoms with Crippen LogP contribution in [0.3, 0.4) is 0 Å². The van der Waals surface area contributed by atoms with E-state index in [1.807, 2.05) is 13.8 Å². The SMILES string of the molecule is CCO[PH](=O)CC.[CaH2]. The van der Waals surface area contributed by atoms with Gasteiger partial charge in [-0.25, -0.2) is 0 Å². The summed E-state index contributed by atoms with van der Waals surface area (Å²) in [4.78, 5) is 0. The van der Waals surface area contributed by atoms with Crippen LogP contribution < -0.4 is 0 Å². The van der Waals surface area contributed by atoms with Gasteiger partial charge in [-0.15, -0.1) is 0 Å². The van der Waals surface area contributed by atoms with E-state index in [-0.39, 0.29) is 37.7 Å². The van der Waals surface area contributed by atoms with E-state index in [0.29, 0.717) is 12.8 Å². The van der Waals surface area contributed by atoms with Crippen LogP contribution in [0.15, 0.2) is 0 Å². The quantitative estimate of drug-likeness (QED) is 0.451. The molecule has 0 fully saturated rings. The Balaban J connectivity index is 0. The first-order valence-corrected chi connectivity index (χ1v) is 3.99. The summed E-state index contributed by atoms with van der Waals surface area (Å²) in [6.45, 7) is 4.28. The molecule has 0 N–H and O–H groups in total. The Kier molecular flexibility index (Phi) is 12.8. The zero-order chi connectivity index (χ0) is 5.70. The third kappa shape index (κ3) is 7.45. The number of hydrogen-bond acceptors (Lipinski definition) is 2. The van der Waals surface area contributed by atoms with Gasteiger partial charge >= 0.3 is 37.7 Å². The summed E-state index contributed by atoms with van der Waals surface area (Å²) < 4.78 is 15.1. The molecule has 0 bridgehead atoms. The van der Waals surface area contributed by atoms with Gasteiger partial charge in [-0.05, 0) is 6.92 Å². The van der Waals surface area contributed by atoms with Gasteiger partial charge in [0.15, 0.2) is 8.03 Å². The Morgan fingerprint density at radius 1 is 1.50 bits per heavy atom. The van der Waals surface area contributed by atoms with Crippen molar-refractivity contribution in [2.24, 2.45) is 0 Å². The summed E-state index contributed by atoms with van der Waals surface area (Å²) in [5.74, 6) is 0. The second-order valence-corrected chi connectivity index (χ2v) is 2.90. The van der Waals surface area contributed by atoms with Crippen molar-refractivity contribution in [1.29, 1.82) is 0 Å². The van der Waals surface area contributed by atoms with E-state index in [1.165, 1.54) is 0 Å². The average Bonchev–Trinajstić information content (AvgIpc) is 1.68. The van der Waals surface area contributed by atoms with E-state index in [4.69, 9.17) is 4.52 Å². The molecular formula is C4H13CaO2P. The molecule has 4 heteroatoms. The van der Waals surface area contributed by atoms with Gasteiger partial charge < -0.3 is 4.52 Å². The van der Waals surface area contributed by atoms with E-state index >= 15 is 0 Å². The molecule has 0 aromatic carbocycles. The van der Waals surface area contributed by atoms with Gasteiger partial charge in [0.25, 0.3) is 0 Å². The molecule has 0 aliphatic heterocycles. The Bertz CT molecular complexity index is 67.1. The van der Waals surface area contributed by atoms with Crippen molar-refractivity contribution < 1.29 is 9.09 Å². The van der Waals surface area contributed by atoms with Gasteiger partial charge in [0.05, 0.1) is 6.61 Å². The molecule has 0 aromatic rings. The predicted molar refractivity (Wildman–Crippen MR) is 39.7 cm³/mol. The van der Waals surface area contributed by atoms with Crippen LogP contribution in [-0.4, -0.2) is 50.5 Å². The molecular weight excluding hydrogens is 151 g/mol. The maximum absolute atomic E-state index is 10.4. The van der Waals surface area contributed by atoms with Crippen LogP contribution in [0, 0.1) is 0 Å². The van der Waals surface area contributed by atoms with Crippen molar-refractivity contribution >= 4 is 45.8 Å². The zero-order valence-electron chi connectivity index (χ0n) is 4.73. The van der Waals surface area contributed by atoms with Crippen molar-refractivity contribution in [1.82, 2.24) is 0 Å². The van der Waals surface area contributed by atoms with Crippen LogP contribution in [0.25, 0.3) is 0 Å². The first kappa shape index (κ1) is 12.2. The van der Waals surface area contributed by atoms with Gasteiger partial charge in [0.1, 0.15) is 0 Å². The Hall–Kier alpha value is 1.45. The van der Waals surface area contributed by atoms with Crippen LogP contribution in [0.1, 0.15) is 13.8 Å². The van der Waals surface area contributed by atoms with Crippen molar-refractivity contribution in [2.75, 3.05) is 12.8 Å². The molecule has 1 unspecified atom stereocenters. The first-order chi connectivity index (χ1) is 3.31. The average molecular weight is 164 g/mol. The molecule has 1 atom stereocenters. The fourth-order valence-corrected chi connectivity index (χ4v) is 0.789. The topological polar surface area (TPSA) is 26.3 Å². The van der Waals surface area contributed by atoms with E-state index in [2.05, 4.69) is 0 Å². The molecule has 48 valence electrons. The van der Waals surface area contributed by atoms with Gasteiger partial charge in [0, 0.05) is 6.16 Å². The molecule has 0 amide bonds. The third-order valence-corrected chi connectivity index (χ3v) is 1.78. The van der Waals surface area contributed by atoms with Crippen molar-refractivity contribution in [2.45, 2.75) is 13.8 Å². The number of hydrogen-bond donors (Lipinski definition) is 0. The fourth-order valence-electron chi connectivity index (χ4n) is 0.263. The van der Waals surface area contributed by atoms with Gasteiger partial charge in [-0.3, -0.25) is 4.57 Å². The van der Waals surface area contributed by atoms with Crippen LogP contribution in [0.5, 0.6) is 0 Å². The molecule has 0 rings (SSSR count). The van der Waals surface area contributed by atoms with Crippen LogP contribution in [0.2, 0.25) is 0 Å². The Morgan fingerprint density at radius 3 is 2.12 bits per heavy atom. The van der Waals surface area contributed by atoms with Gasteiger partial charge in [-0.2, -0.15) is 0 Å². The van der Waals surface area contributed by atoms with Crippen LogP contribution in [-0.2, 0) is 9.09 Å². The summed E-state index contributed by atoms with van der Waals surface area (Å²) in [5, 5.41) is 0. The number of rotatable bonds is 3. The van der Waals surface area contributed by atoms with Gasteiger partial charge in [-0.1, -0.05) is 6.92 Å². The van der Waals surface area contributed by atoms with Gasteiger partial charge in [0.2, 0.25) is 0 Å². The van der Waals surface area contributed by atoms with E-state index in [9.17, 15) is 4.57 Å². The van der Waals surface area contributed by atoms with Crippen molar-refractivity contribution in [3.05, 3.63) is 0 Å². The second kappa shape index (κ2) is 8.45. The van der Waals surface area contributed by atoms with Crippen LogP contribution >= 0.6 is 8.03 Å². The van der Waals surface area contributed by atoms with E-state index < -0.39 is 8.03 Å². The second-order valence-electron chi connectivity index (χ2n) is 1.16. The first-order valence-electron chi connectivity index (χ1n) is 2.46. The summed E-state index contributed by atoms with van der Waals surface area (Å²) in [6, 6.07) is 0. The molecule has 0 saturated heterocycles. The van der Waals surface area contributed by atoms with E-state index in [1.54, 1.807) is 0 Å². The zero-order valence-corrected chi connectivity index (χ0v) is 5.73. The summed E-state index contributed by atoms with van der Waals surface area (Å²) in [6.07, 6.45) is 0.665. The molecule has 0 aromatic heterocycles. The molecule has 0 heterocycles. The van der Waals surface area contributed by atoms with Crippen LogP contribution in [0.4, 0.5) is 0 Å². The maximum atomic E-state index is 10.4. The van der Waals surface area contributed by atoms with Crippen molar-refractivity contribution in [3.63, 3.8) is 0 Å². The Labute approximate surface area is 80.9 Å². The molecule has 0 saturated carbocycles. The summed E-state index contributed by atoms with van der Waals surface area (Å²) >= 11 is 0. The molecule has 0 aliphatic rings. The van der Waals surface area contributed by atoms with Crippen molar-refractivity contribution in [3.8, 4) is 0 Å². The Morgan fingerprint density at radius 2 is 2.00 bits per heavy atom. The monoisotopic (exact) mass is 164 g/mol. The fraction of sp³-hybridized carbons (Fsp3) is 1.00. The molecule has 0 radical (unpaired) electrons. The molecule has 2 nitrogen and oxygen atoms in total. The predicted octanol–water partition coefficient (Wildman–Crippen LogP) is 0.601. The standard InChI is InChI=1S/C4H11O2P.Ca.2H/c1-3-6-7(5)4-2;;;/h7H,3-4H2,1-2H3;;;.